The Labute approximate surface area is 221 Å². The molecule has 0 unspecified atom stereocenters. The molecule has 0 spiro atoms. The van der Waals surface area contributed by atoms with Gasteiger partial charge in [-0.15, -0.1) is 5.10 Å². The van der Waals surface area contributed by atoms with Crippen molar-refractivity contribution in [3.05, 3.63) is 94.0 Å². The molecule has 11 heteroatoms. The van der Waals surface area contributed by atoms with Gasteiger partial charge in [-0.25, -0.2) is 4.90 Å². The maximum absolute atomic E-state index is 14.2. The number of rotatable bonds is 3. The van der Waals surface area contributed by atoms with Crippen LogP contribution in [-0.2, 0) is 9.59 Å². The minimum atomic E-state index is -1.03. The summed E-state index contributed by atoms with van der Waals surface area (Å²) in [4.78, 5) is 56.0. The highest BCUT2D eigenvalue weighted by atomic mass is 16.6. The van der Waals surface area contributed by atoms with Crippen molar-refractivity contribution in [1.29, 1.82) is 0 Å². The van der Waals surface area contributed by atoms with Crippen LogP contribution in [-0.4, -0.2) is 49.7 Å². The molecule has 0 saturated carbocycles. The van der Waals surface area contributed by atoms with E-state index >= 15 is 0 Å². The van der Waals surface area contributed by atoms with Crippen LogP contribution in [0.25, 0.3) is 17.1 Å². The summed E-state index contributed by atoms with van der Waals surface area (Å²) in [6.07, 6.45) is 3.77. The Balaban J connectivity index is 1.38. The largest absolute Gasteiger partial charge is 0.351 e. The van der Waals surface area contributed by atoms with Gasteiger partial charge in [0, 0.05) is 17.8 Å². The van der Waals surface area contributed by atoms with Gasteiger partial charge in [-0.05, 0) is 42.3 Å². The molecule has 4 atom stereocenters. The molecule has 11 nitrogen and oxygen atoms in total. The van der Waals surface area contributed by atoms with Crippen molar-refractivity contribution in [2.24, 2.45) is 11.8 Å². The van der Waals surface area contributed by atoms with E-state index < -0.39 is 46.6 Å². The lowest BCUT2D eigenvalue weighted by Gasteiger charge is -2.36. The Morgan fingerprint density at radius 2 is 1.69 bits per heavy atom. The van der Waals surface area contributed by atoms with Crippen LogP contribution >= 0.6 is 0 Å². The second-order valence-electron chi connectivity index (χ2n) is 9.88. The van der Waals surface area contributed by atoms with Crippen LogP contribution in [0.4, 0.5) is 17.1 Å². The number of hydrogen-bond donors (Lipinski definition) is 0. The van der Waals surface area contributed by atoms with E-state index in [2.05, 4.69) is 10.3 Å². The molecule has 0 radical (unpaired) electrons. The SMILES string of the molecule is Cc1cc([N+](=O)[O-])ccc1N1C(=O)[C@@H]2[C@H](C1=O)[C@H](C(=O)n1nnc3ccccc31)N1c3ccccc3C=C[C@H]21. The van der Waals surface area contributed by atoms with Gasteiger partial charge in [0.1, 0.15) is 11.6 Å². The molecule has 1 aromatic heterocycles. The van der Waals surface area contributed by atoms with Crippen molar-refractivity contribution in [3.8, 4) is 0 Å². The minimum absolute atomic E-state index is 0.139. The van der Waals surface area contributed by atoms with Crippen LogP contribution in [0.1, 0.15) is 15.9 Å². The van der Waals surface area contributed by atoms with Gasteiger partial charge in [0.25, 0.3) is 11.6 Å². The molecular formula is C28H20N6O5. The fraction of sp³-hybridized carbons (Fsp3) is 0.179. The number of anilines is 2. The number of fused-ring (bicyclic) bond motifs is 6. The quantitative estimate of drug-likeness (QED) is 0.228. The summed E-state index contributed by atoms with van der Waals surface area (Å²) < 4.78 is 1.21. The van der Waals surface area contributed by atoms with E-state index in [1.165, 1.54) is 22.9 Å². The minimum Gasteiger partial charge on any atom is -0.351 e. The van der Waals surface area contributed by atoms with Gasteiger partial charge in [0.05, 0.1) is 34.0 Å². The molecule has 4 heterocycles. The molecule has 0 N–H and O–H groups in total. The van der Waals surface area contributed by atoms with Crippen molar-refractivity contribution in [3.63, 3.8) is 0 Å². The summed E-state index contributed by atoms with van der Waals surface area (Å²) in [6, 6.07) is 17.0. The number of imide groups is 1. The zero-order valence-electron chi connectivity index (χ0n) is 20.5. The zero-order valence-corrected chi connectivity index (χ0v) is 20.5. The molecule has 3 aliphatic rings. The number of benzene rings is 3. The van der Waals surface area contributed by atoms with Crippen molar-refractivity contribution in [2.45, 2.75) is 19.0 Å². The Bertz CT molecular complexity index is 1780. The lowest BCUT2D eigenvalue weighted by atomic mass is 9.88. The number of hydrogen-bond acceptors (Lipinski definition) is 8. The molecule has 2 fully saturated rings. The lowest BCUT2D eigenvalue weighted by Crippen LogP contribution is -2.50. The lowest BCUT2D eigenvalue weighted by molar-refractivity contribution is -0.384. The number of carbonyl (C=O) groups excluding carboxylic acids is 3. The van der Waals surface area contributed by atoms with Crippen molar-refractivity contribution in [1.82, 2.24) is 15.0 Å². The van der Waals surface area contributed by atoms with Crippen LogP contribution in [0, 0.1) is 28.9 Å². The van der Waals surface area contributed by atoms with E-state index in [0.29, 0.717) is 16.6 Å². The summed E-state index contributed by atoms with van der Waals surface area (Å²) in [5.74, 6) is -3.26. The van der Waals surface area contributed by atoms with Gasteiger partial charge in [0.2, 0.25) is 11.8 Å². The second-order valence-corrected chi connectivity index (χ2v) is 9.88. The number of para-hydroxylation sites is 2. The molecular weight excluding hydrogens is 500 g/mol. The van der Waals surface area contributed by atoms with Crippen molar-refractivity contribution in [2.75, 3.05) is 9.80 Å². The third-order valence-electron chi connectivity index (χ3n) is 7.86. The molecule has 0 aliphatic carbocycles. The summed E-state index contributed by atoms with van der Waals surface area (Å²) in [5.41, 5.74) is 3.21. The van der Waals surface area contributed by atoms with Crippen LogP contribution in [0.2, 0.25) is 0 Å². The molecule has 3 aliphatic heterocycles. The average molecular weight is 521 g/mol. The van der Waals surface area contributed by atoms with Crippen LogP contribution < -0.4 is 9.80 Å². The Hall–Kier alpha value is -5.19. The summed E-state index contributed by atoms with van der Waals surface area (Å²) in [7, 11) is 0. The first-order valence-electron chi connectivity index (χ1n) is 12.4. The van der Waals surface area contributed by atoms with Crippen LogP contribution in [0.15, 0.2) is 72.8 Å². The number of nitro benzene ring substituents is 1. The van der Waals surface area contributed by atoms with E-state index in [4.69, 9.17) is 0 Å². The highest BCUT2D eigenvalue weighted by Crippen LogP contribution is 2.50. The predicted molar refractivity (Wildman–Crippen MR) is 141 cm³/mol. The third-order valence-corrected chi connectivity index (χ3v) is 7.86. The smallest absolute Gasteiger partial charge is 0.272 e. The molecule has 2 amide bonds. The molecule has 192 valence electrons. The first kappa shape index (κ1) is 23.0. The van der Waals surface area contributed by atoms with E-state index in [0.717, 1.165) is 16.2 Å². The Morgan fingerprint density at radius 3 is 2.49 bits per heavy atom. The van der Waals surface area contributed by atoms with Gasteiger partial charge in [-0.3, -0.25) is 24.5 Å². The van der Waals surface area contributed by atoms with Crippen molar-refractivity contribution >= 4 is 51.9 Å². The van der Waals surface area contributed by atoms with E-state index in [1.54, 1.807) is 31.2 Å². The molecule has 7 rings (SSSR count). The molecule has 39 heavy (non-hydrogen) atoms. The monoisotopic (exact) mass is 520 g/mol. The fourth-order valence-corrected chi connectivity index (χ4v) is 6.20. The first-order valence-corrected chi connectivity index (χ1v) is 12.4. The number of aromatic nitrogens is 3. The van der Waals surface area contributed by atoms with Gasteiger partial charge < -0.3 is 4.90 Å². The van der Waals surface area contributed by atoms with Gasteiger partial charge >= 0.3 is 0 Å². The number of nitro groups is 1. The summed E-state index contributed by atoms with van der Waals surface area (Å²) in [5, 5.41) is 19.5. The molecule has 2 saturated heterocycles. The highest BCUT2D eigenvalue weighted by molar-refractivity contribution is 6.25. The Morgan fingerprint density at radius 1 is 0.949 bits per heavy atom. The third kappa shape index (κ3) is 3.13. The summed E-state index contributed by atoms with van der Waals surface area (Å²) >= 11 is 0. The fourth-order valence-electron chi connectivity index (χ4n) is 6.20. The standard InChI is InChI=1S/C28H20N6O5/c1-15-14-17(34(38)39)11-13-19(15)32-26(35)23-22-12-10-16-6-2-4-8-20(16)31(22)25(24(23)27(32)36)28(37)33-21-9-5-3-7-18(21)29-30-33/h2-14,22-25H,1H3/t22-,23+,24+,25-/m1/s1. The van der Waals surface area contributed by atoms with E-state index in [-0.39, 0.29) is 11.4 Å². The zero-order chi connectivity index (χ0) is 27.0. The molecule has 0 bridgehead atoms. The maximum atomic E-state index is 14.2. The van der Waals surface area contributed by atoms with Gasteiger partial charge in [0.15, 0.2) is 0 Å². The van der Waals surface area contributed by atoms with E-state index in [1.807, 2.05) is 41.3 Å². The topological polar surface area (TPSA) is 132 Å². The number of non-ortho nitro benzene ring substituents is 1. The van der Waals surface area contributed by atoms with Gasteiger partial charge in [-0.1, -0.05) is 47.7 Å². The summed E-state index contributed by atoms with van der Waals surface area (Å²) in [6.45, 7) is 1.62. The number of aryl methyl sites for hydroxylation is 1. The van der Waals surface area contributed by atoms with E-state index in [9.17, 15) is 24.5 Å². The Kier molecular flexibility index (Phi) is 4.80. The predicted octanol–water partition coefficient (Wildman–Crippen LogP) is 3.38. The van der Waals surface area contributed by atoms with Gasteiger partial charge in [-0.2, -0.15) is 4.68 Å². The molecule has 3 aromatic carbocycles. The number of amides is 2. The maximum Gasteiger partial charge on any atom is 0.272 e. The first-order chi connectivity index (χ1) is 18.9. The molecule has 4 aromatic rings. The number of carbonyl (C=O) groups is 3. The highest BCUT2D eigenvalue weighted by Gasteiger charge is 2.65. The van der Waals surface area contributed by atoms with Crippen molar-refractivity contribution < 1.29 is 19.3 Å². The van der Waals surface area contributed by atoms with Crippen LogP contribution in [0.5, 0.6) is 0 Å². The number of nitrogens with zero attached hydrogens (tertiary/aromatic N) is 6. The second kappa shape index (κ2) is 8.15. The van der Waals surface area contributed by atoms with Crippen LogP contribution in [0.3, 0.4) is 0 Å². The average Bonchev–Trinajstić information content (AvgIpc) is 3.60. The normalized spacial score (nSPS) is 23.2.